The molecule has 9 heteroatoms. The molecule has 1 aliphatic heterocycles. The lowest BCUT2D eigenvalue weighted by atomic mass is 9.81. The van der Waals surface area contributed by atoms with E-state index < -0.39 is 18.6 Å². The zero-order chi connectivity index (χ0) is 22.3. The van der Waals surface area contributed by atoms with Gasteiger partial charge in [0, 0.05) is 15.2 Å². The number of amides is 2. The Morgan fingerprint density at radius 1 is 1.10 bits per heavy atom. The van der Waals surface area contributed by atoms with E-state index in [9.17, 15) is 19.2 Å². The van der Waals surface area contributed by atoms with E-state index in [1.54, 1.807) is 30.3 Å². The zero-order valence-electron chi connectivity index (χ0n) is 16.9. The average molecular weight is 573 g/mol. The van der Waals surface area contributed by atoms with Crippen LogP contribution in [0.25, 0.3) is 0 Å². The van der Waals surface area contributed by atoms with Crippen LogP contribution in [0.15, 0.2) is 30.3 Å². The number of Topliss-reactive ketones (excluding diaryl/α,β-unsaturated/α-hetero) is 1. The van der Waals surface area contributed by atoms with Crippen LogP contribution in [-0.4, -0.2) is 62.8 Å². The summed E-state index contributed by atoms with van der Waals surface area (Å²) in [6.07, 6.45) is 3.04. The van der Waals surface area contributed by atoms with Crippen molar-refractivity contribution in [2.24, 2.45) is 23.7 Å². The molecule has 1 aromatic rings. The molecule has 0 spiro atoms. The van der Waals surface area contributed by atoms with E-state index in [0.717, 1.165) is 11.3 Å². The molecule has 1 saturated heterocycles. The number of fused-ring (bicyclic) bond motifs is 5. The van der Waals surface area contributed by atoms with Crippen LogP contribution in [0, 0.1) is 23.7 Å². The molecule has 3 fully saturated rings. The fourth-order valence-corrected chi connectivity index (χ4v) is 7.53. The van der Waals surface area contributed by atoms with Crippen molar-refractivity contribution in [3.05, 3.63) is 35.9 Å². The summed E-state index contributed by atoms with van der Waals surface area (Å²) in [4.78, 5) is 53.3. The number of benzene rings is 1. The van der Waals surface area contributed by atoms with Crippen molar-refractivity contribution in [2.45, 2.75) is 28.5 Å². The highest BCUT2D eigenvalue weighted by Crippen LogP contribution is 2.60. The zero-order valence-corrected chi connectivity index (χ0v) is 20.9. The Kier molecular flexibility index (Phi) is 6.93. The maximum absolute atomic E-state index is 13.3. The van der Waals surface area contributed by atoms with Gasteiger partial charge in [-0.2, -0.15) is 11.8 Å². The molecular formula is C22H23Br2NO5S. The van der Waals surface area contributed by atoms with Crippen molar-refractivity contribution < 1.29 is 23.9 Å². The maximum atomic E-state index is 13.3. The van der Waals surface area contributed by atoms with Gasteiger partial charge in [-0.3, -0.25) is 19.3 Å². The smallest absolute Gasteiger partial charge is 0.329 e. The normalized spacial score (nSPS) is 32.3. The Morgan fingerprint density at radius 3 is 2.23 bits per heavy atom. The molecule has 2 amide bonds. The Labute approximate surface area is 202 Å². The SMILES string of the molecule is CSCC[C@H](C(=O)OCC(=O)c1ccccc1)N1C(=O)[C@@H]2[C@@H]3C[C@@H]([C@H](Br)[C@H]3Br)[C@@H]2C1=O. The minimum Gasteiger partial charge on any atom is -0.456 e. The molecule has 31 heavy (non-hydrogen) atoms. The van der Waals surface area contributed by atoms with E-state index in [4.69, 9.17) is 4.74 Å². The number of hydrogen-bond donors (Lipinski definition) is 0. The van der Waals surface area contributed by atoms with Crippen molar-refractivity contribution in [1.29, 1.82) is 0 Å². The number of ether oxygens (including phenoxy) is 1. The third-order valence-corrected chi connectivity index (χ3v) is 10.5. The molecule has 4 rings (SSSR count). The van der Waals surface area contributed by atoms with Crippen molar-refractivity contribution >= 4 is 67.2 Å². The highest BCUT2D eigenvalue weighted by molar-refractivity contribution is 9.12. The summed E-state index contributed by atoms with van der Waals surface area (Å²) < 4.78 is 5.30. The van der Waals surface area contributed by atoms with Gasteiger partial charge in [0.1, 0.15) is 6.04 Å². The number of imide groups is 1. The quantitative estimate of drug-likeness (QED) is 0.206. The van der Waals surface area contributed by atoms with Crippen LogP contribution in [0.1, 0.15) is 23.2 Å². The second-order valence-corrected chi connectivity index (χ2v) is 11.3. The van der Waals surface area contributed by atoms with Gasteiger partial charge in [0.2, 0.25) is 11.8 Å². The van der Waals surface area contributed by atoms with Gasteiger partial charge < -0.3 is 4.74 Å². The molecule has 1 heterocycles. The lowest BCUT2D eigenvalue weighted by Crippen LogP contribution is -2.47. The molecule has 2 bridgehead atoms. The molecule has 0 aromatic heterocycles. The van der Waals surface area contributed by atoms with E-state index in [1.807, 2.05) is 6.26 Å². The summed E-state index contributed by atoms with van der Waals surface area (Å²) in [7, 11) is 0. The van der Waals surface area contributed by atoms with E-state index in [2.05, 4.69) is 31.9 Å². The molecule has 0 N–H and O–H groups in total. The molecule has 2 saturated carbocycles. The first-order valence-electron chi connectivity index (χ1n) is 10.3. The van der Waals surface area contributed by atoms with Gasteiger partial charge in [0.05, 0.1) is 11.8 Å². The van der Waals surface area contributed by atoms with Gasteiger partial charge in [0.15, 0.2) is 12.4 Å². The van der Waals surface area contributed by atoms with Crippen molar-refractivity contribution in [3.63, 3.8) is 0 Å². The molecule has 6 nitrogen and oxygen atoms in total. The van der Waals surface area contributed by atoms with Crippen LogP contribution in [0.4, 0.5) is 0 Å². The summed E-state index contributed by atoms with van der Waals surface area (Å²) in [6, 6.07) is 7.57. The van der Waals surface area contributed by atoms with E-state index in [0.29, 0.717) is 17.7 Å². The number of ketones is 1. The summed E-state index contributed by atoms with van der Waals surface area (Å²) >= 11 is 8.87. The van der Waals surface area contributed by atoms with Crippen LogP contribution in [0.5, 0.6) is 0 Å². The van der Waals surface area contributed by atoms with Crippen LogP contribution < -0.4 is 0 Å². The first-order valence-corrected chi connectivity index (χ1v) is 13.5. The largest absolute Gasteiger partial charge is 0.456 e. The van der Waals surface area contributed by atoms with Crippen LogP contribution in [-0.2, 0) is 19.1 Å². The first kappa shape index (κ1) is 23.0. The Morgan fingerprint density at radius 2 is 1.68 bits per heavy atom. The number of halogens is 2. The number of likely N-dealkylation sites (tertiary alicyclic amines) is 1. The van der Waals surface area contributed by atoms with E-state index in [-0.39, 0.29) is 50.9 Å². The third kappa shape index (κ3) is 4.02. The number of carbonyl (C=O) groups excluding carboxylic acids is 4. The Bertz CT molecular complexity index is 865. The topological polar surface area (TPSA) is 80.8 Å². The summed E-state index contributed by atoms with van der Waals surface area (Å²) in [6.45, 7) is -0.417. The molecule has 3 aliphatic rings. The number of esters is 1. The number of thioether (sulfide) groups is 1. The molecular weight excluding hydrogens is 550 g/mol. The number of alkyl halides is 2. The molecule has 0 unspecified atom stereocenters. The Balaban J connectivity index is 1.50. The highest BCUT2D eigenvalue weighted by Gasteiger charge is 2.67. The van der Waals surface area contributed by atoms with Gasteiger partial charge in [-0.1, -0.05) is 62.2 Å². The number of rotatable bonds is 8. The summed E-state index contributed by atoms with van der Waals surface area (Å²) in [5, 5.41) is 0. The summed E-state index contributed by atoms with van der Waals surface area (Å²) in [5.41, 5.74) is 0.446. The van der Waals surface area contributed by atoms with Crippen molar-refractivity contribution in [3.8, 4) is 0 Å². The van der Waals surface area contributed by atoms with Crippen LogP contribution in [0.2, 0.25) is 0 Å². The minimum absolute atomic E-state index is 0.0812. The van der Waals surface area contributed by atoms with Gasteiger partial charge in [-0.15, -0.1) is 0 Å². The van der Waals surface area contributed by atoms with E-state index in [1.165, 1.54) is 11.8 Å². The number of hydrogen-bond acceptors (Lipinski definition) is 6. The standard InChI is InChI=1S/C22H23Br2NO5S/c1-31-8-7-14(22(29)30-10-15(26)11-5-3-2-4-6-11)25-20(27)16-12-9-13(17(16)21(25)28)19(24)18(12)23/h2-6,12-14,16-19H,7-10H2,1H3/t12-,13+,14-,16+,17-,18+,19+/m1/s1. The van der Waals surface area contributed by atoms with E-state index >= 15 is 0 Å². The monoisotopic (exact) mass is 571 g/mol. The predicted molar refractivity (Wildman–Crippen MR) is 124 cm³/mol. The second kappa shape index (κ2) is 9.35. The molecule has 0 radical (unpaired) electrons. The maximum Gasteiger partial charge on any atom is 0.329 e. The van der Waals surface area contributed by atoms with Crippen molar-refractivity contribution in [2.75, 3.05) is 18.6 Å². The van der Waals surface area contributed by atoms with Gasteiger partial charge in [0.25, 0.3) is 0 Å². The second-order valence-electron chi connectivity index (χ2n) is 8.24. The molecule has 1 aromatic carbocycles. The lowest BCUT2D eigenvalue weighted by Gasteiger charge is -2.28. The third-order valence-electron chi connectivity index (χ3n) is 6.64. The molecule has 166 valence electrons. The lowest BCUT2D eigenvalue weighted by molar-refractivity contribution is -0.158. The Hall–Kier alpha value is -1.19. The highest BCUT2D eigenvalue weighted by atomic mass is 79.9. The van der Waals surface area contributed by atoms with Gasteiger partial charge in [-0.05, 0) is 36.7 Å². The number of nitrogens with zero attached hydrogens (tertiary/aromatic N) is 1. The fraction of sp³-hybridized carbons (Fsp3) is 0.545. The first-order chi connectivity index (χ1) is 14.9. The predicted octanol–water partition coefficient (Wildman–Crippen LogP) is 3.31. The minimum atomic E-state index is -0.997. The van der Waals surface area contributed by atoms with Crippen LogP contribution >= 0.6 is 43.6 Å². The van der Waals surface area contributed by atoms with Gasteiger partial charge in [-0.25, -0.2) is 4.79 Å². The van der Waals surface area contributed by atoms with Gasteiger partial charge >= 0.3 is 5.97 Å². The average Bonchev–Trinajstić information content (AvgIpc) is 3.38. The summed E-state index contributed by atoms with van der Waals surface area (Å²) in [5.74, 6) is -1.58. The van der Waals surface area contributed by atoms with Crippen LogP contribution in [0.3, 0.4) is 0 Å². The van der Waals surface area contributed by atoms with Crippen molar-refractivity contribution in [1.82, 2.24) is 4.90 Å². The number of carbonyl (C=O) groups is 4. The fourth-order valence-electron chi connectivity index (χ4n) is 5.20. The molecule has 7 atom stereocenters. The molecule has 2 aliphatic carbocycles.